The quantitative estimate of drug-likeness (QED) is 0.479. The van der Waals surface area contributed by atoms with Crippen molar-refractivity contribution in [3.63, 3.8) is 0 Å². The number of halogens is 3. The normalized spacial score (nSPS) is 11.3. The zero-order chi connectivity index (χ0) is 18.6. The first-order valence-electron chi connectivity index (χ1n) is 6.67. The molecule has 0 atom stereocenters. The Balaban J connectivity index is 1.96. The maximum absolute atomic E-state index is 12.2. The summed E-state index contributed by atoms with van der Waals surface area (Å²) >= 11 is 14.9. The number of hydrogen-bond acceptors (Lipinski definition) is 5. The number of rotatable bonds is 7. The van der Waals surface area contributed by atoms with Gasteiger partial charge in [0.15, 0.2) is 6.61 Å². The van der Waals surface area contributed by atoms with Crippen LogP contribution >= 0.6 is 39.1 Å². The second kappa shape index (κ2) is 8.33. The minimum absolute atomic E-state index is 0.109. The van der Waals surface area contributed by atoms with Crippen LogP contribution in [-0.4, -0.2) is 38.3 Å². The van der Waals surface area contributed by atoms with Crippen LogP contribution in [0, 0.1) is 0 Å². The third kappa shape index (κ3) is 5.29. The molecule has 0 amide bonds. The molecule has 0 spiro atoms. The molecule has 1 aromatic heterocycles. The first-order chi connectivity index (χ1) is 11.7. The van der Waals surface area contributed by atoms with Gasteiger partial charge in [-0.25, -0.2) is 8.42 Å². The minimum atomic E-state index is -4.14. The second-order valence-corrected chi connectivity index (χ2v) is 8.12. The highest BCUT2D eigenvalue weighted by Crippen LogP contribution is 2.32. The van der Waals surface area contributed by atoms with Crippen LogP contribution in [0.4, 0.5) is 0 Å². The van der Waals surface area contributed by atoms with E-state index >= 15 is 0 Å². The van der Waals surface area contributed by atoms with Crippen LogP contribution in [0.25, 0.3) is 0 Å². The maximum atomic E-state index is 12.2. The molecule has 134 valence electrons. The Kier molecular flexibility index (Phi) is 6.64. The highest BCUT2D eigenvalue weighted by Gasteiger charge is 2.23. The number of carbonyl (C=O) groups is 2. The molecule has 0 aliphatic carbocycles. The maximum Gasteiger partial charge on any atom is 0.321 e. The Hall–Kier alpha value is -1.39. The molecular weight excluding hydrogens is 459 g/mol. The van der Waals surface area contributed by atoms with E-state index in [9.17, 15) is 18.0 Å². The lowest BCUT2D eigenvalue weighted by Crippen LogP contribution is -2.32. The number of ketones is 1. The summed E-state index contributed by atoms with van der Waals surface area (Å²) < 4.78 is 31.7. The molecule has 1 heterocycles. The van der Waals surface area contributed by atoms with Crippen molar-refractivity contribution in [1.82, 2.24) is 9.71 Å². The zero-order valence-electron chi connectivity index (χ0n) is 12.4. The number of benzene rings is 1. The van der Waals surface area contributed by atoms with Gasteiger partial charge in [0, 0.05) is 10.7 Å². The van der Waals surface area contributed by atoms with Crippen LogP contribution in [0.2, 0.25) is 10.0 Å². The van der Waals surface area contributed by atoms with Crippen LogP contribution in [-0.2, 0) is 19.6 Å². The van der Waals surface area contributed by atoms with Gasteiger partial charge >= 0.3 is 5.97 Å². The molecule has 0 saturated heterocycles. The van der Waals surface area contributed by atoms with Crippen molar-refractivity contribution in [1.29, 1.82) is 0 Å². The molecular formula is C14H11BrCl2N2O5S. The number of H-pyrrole nitrogens is 1. The molecule has 7 nitrogen and oxygen atoms in total. The van der Waals surface area contributed by atoms with E-state index in [4.69, 9.17) is 27.9 Å². The summed E-state index contributed by atoms with van der Waals surface area (Å²) in [5.74, 6) is -1.37. The Bertz CT molecular complexity index is 877. The average Bonchev–Trinajstić information content (AvgIpc) is 3.03. The third-order valence-corrected chi connectivity index (χ3v) is 5.68. The average molecular weight is 470 g/mol. The van der Waals surface area contributed by atoms with Crippen LogP contribution in [0.5, 0.6) is 0 Å². The van der Waals surface area contributed by atoms with Gasteiger partial charge in [0.1, 0.15) is 11.4 Å². The number of sulfonamides is 1. The smallest absolute Gasteiger partial charge is 0.321 e. The van der Waals surface area contributed by atoms with E-state index in [1.54, 1.807) is 12.3 Å². The van der Waals surface area contributed by atoms with E-state index in [0.717, 1.165) is 0 Å². The Morgan fingerprint density at radius 2 is 1.88 bits per heavy atom. The van der Waals surface area contributed by atoms with E-state index in [-0.39, 0.29) is 20.6 Å². The SMILES string of the molecule is O=C(CNS(=O)(=O)c1c(Cl)cc(Br)cc1Cl)OCC(=O)c1ccc[nH]1. The first-order valence-corrected chi connectivity index (χ1v) is 9.70. The van der Waals surface area contributed by atoms with Crippen LogP contribution in [0.15, 0.2) is 39.8 Å². The van der Waals surface area contributed by atoms with Crippen molar-refractivity contribution >= 4 is 60.9 Å². The lowest BCUT2D eigenvalue weighted by molar-refractivity contribution is -0.141. The van der Waals surface area contributed by atoms with Gasteiger partial charge in [-0.15, -0.1) is 0 Å². The molecule has 0 radical (unpaired) electrons. The molecule has 2 aromatic rings. The molecule has 0 bridgehead atoms. The molecule has 2 N–H and O–H groups in total. The van der Waals surface area contributed by atoms with Gasteiger partial charge in [-0.2, -0.15) is 4.72 Å². The third-order valence-electron chi connectivity index (χ3n) is 2.90. The van der Waals surface area contributed by atoms with E-state index in [2.05, 4.69) is 20.9 Å². The van der Waals surface area contributed by atoms with Gasteiger partial charge in [-0.3, -0.25) is 9.59 Å². The molecule has 0 fully saturated rings. The van der Waals surface area contributed by atoms with E-state index < -0.39 is 34.9 Å². The van der Waals surface area contributed by atoms with Crippen molar-refractivity contribution < 1.29 is 22.7 Å². The zero-order valence-corrected chi connectivity index (χ0v) is 16.3. The number of carbonyl (C=O) groups excluding carboxylic acids is 2. The second-order valence-electron chi connectivity index (χ2n) is 4.69. The highest BCUT2D eigenvalue weighted by atomic mass is 79.9. The number of hydrogen-bond donors (Lipinski definition) is 2. The van der Waals surface area contributed by atoms with Crippen molar-refractivity contribution in [2.24, 2.45) is 0 Å². The van der Waals surface area contributed by atoms with Crippen LogP contribution in [0.3, 0.4) is 0 Å². The molecule has 11 heteroatoms. The summed E-state index contributed by atoms with van der Waals surface area (Å²) in [4.78, 5) is 25.6. The molecule has 0 unspecified atom stereocenters. The summed E-state index contributed by atoms with van der Waals surface area (Å²) in [6.45, 7) is -1.19. The summed E-state index contributed by atoms with van der Waals surface area (Å²) in [5.41, 5.74) is 0.279. The Morgan fingerprint density at radius 3 is 2.44 bits per heavy atom. The standard InChI is InChI=1S/C14H11BrCl2N2O5S/c15-8-4-9(16)14(10(17)5-8)25(22,23)19-6-13(21)24-7-12(20)11-2-1-3-18-11/h1-5,18-19H,6-7H2. The summed E-state index contributed by atoms with van der Waals surface area (Å²) in [7, 11) is -4.14. The van der Waals surface area contributed by atoms with Crippen molar-refractivity contribution in [3.05, 3.63) is 50.7 Å². The largest absolute Gasteiger partial charge is 0.456 e. The number of nitrogens with one attached hydrogen (secondary N) is 2. The monoisotopic (exact) mass is 468 g/mol. The Morgan fingerprint density at radius 1 is 1.24 bits per heavy atom. The van der Waals surface area contributed by atoms with Crippen molar-refractivity contribution in [2.75, 3.05) is 13.2 Å². The summed E-state index contributed by atoms with van der Waals surface area (Å²) in [5, 5.41) is -0.218. The van der Waals surface area contributed by atoms with Gasteiger partial charge in [-0.05, 0) is 24.3 Å². The molecule has 1 aromatic carbocycles. The van der Waals surface area contributed by atoms with Gasteiger partial charge in [-0.1, -0.05) is 39.1 Å². The number of esters is 1. The fourth-order valence-electron chi connectivity index (χ4n) is 1.79. The van der Waals surface area contributed by atoms with E-state index in [1.807, 2.05) is 4.72 Å². The van der Waals surface area contributed by atoms with Gasteiger partial charge in [0.25, 0.3) is 0 Å². The summed E-state index contributed by atoms with van der Waals surface area (Å²) in [6, 6.07) is 5.86. The fourth-order valence-corrected chi connectivity index (χ4v) is 4.69. The van der Waals surface area contributed by atoms with E-state index in [0.29, 0.717) is 4.47 Å². The minimum Gasteiger partial charge on any atom is -0.456 e. The predicted molar refractivity (Wildman–Crippen MR) is 95.4 cm³/mol. The van der Waals surface area contributed by atoms with E-state index in [1.165, 1.54) is 18.2 Å². The lowest BCUT2D eigenvalue weighted by Gasteiger charge is -2.10. The predicted octanol–water partition coefficient (Wildman–Crippen LogP) is 2.79. The first kappa shape index (κ1) is 19.9. The van der Waals surface area contributed by atoms with Crippen LogP contribution < -0.4 is 4.72 Å². The number of aromatic nitrogens is 1. The molecule has 0 aliphatic rings. The Labute approximate surface area is 161 Å². The van der Waals surface area contributed by atoms with Gasteiger partial charge in [0.05, 0.1) is 15.7 Å². The lowest BCUT2D eigenvalue weighted by atomic mass is 10.3. The molecule has 0 saturated carbocycles. The molecule has 25 heavy (non-hydrogen) atoms. The van der Waals surface area contributed by atoms with Gasteiger partial charge in [0.2, 0.25) is 15.8 Å². The molecule has 0 aliphatic heterocycles. The van der Waals surface area contributed by atoms with Gasteiger partial charge < -0.3 is 9.72 Å². The number of Topliss-reactive ketones (excluding diaryl/α,β-unsaturated/α-hetero) is 1. The number of aromatic amines is 1. The number of ether oxygens (including phenoxy) is 1. The fraction of sp³-hybridized carbons (Fsp3) is 0.143. The topological polar surface area (TPSA) is 105 Å². The molecule has 2 rings (SSSR count). The van der Waals surface area contributed by atoms with Crippen molar-refractivity contribution in [3.8, 4) is 0 Å². The summed E-state index contributed by atoms with van der Waals surface area (Å²) in [6.07, 6.45) is 1.55. The van der Waals surface area contributed by atoms with Crippen LogP contribution in [0.1, 0.15) is 10.5 Å². The van der Waals surface area contributed by atoms with Crippen molar-refractivity contribution in [2.45, 2.75) is 4.90 Å². The highest BCUT2D eigenvalue weighted by molar-refractivity contribution is 9.10.